The molecule has 0 aliphatic heterocycles. The highest BCUT2D eigenvalue weighted by atomic mass is 16.6. The zero-order chi connectivity index (χ0) is 19.2. The largest absolute Gasteiger partial charge is 0.467 e. The van der Waals surface area contributed by atoms with Crippen LogP contribution in [0.15, 0.2) is 24.3 Å². The zero-order valence-electron chi connectivity index (χ0n) is 15.3. The number of nitrogens with zero attached hydrogens (tertiary/aromatic N) is 1. The quantitative estimate of drug-likeness (QED) is 0.486. The van der Waals surface area contributed by atoms with Gasteiger partial charge in [-0.15, -0.1) is 0 Å². The molecule has 4 fully saturated rings. The number of hydrogen-bond donors (Lipinski definition) is 1. The number of amides is 1. The van der Waals surface area contributed by atoms with Crippen LogP contribution in [0.4, 0.5) is 5.69 Å². The summed E-state index contributed by atoms with van der Waals surface area (Å²) in [5.41, 5.74) is 0.00883. The van der Waals surface area contributed by atoms with Crippen LogP contribution in [0.25, 0.3) is 0 Å². The molecule has 1 aromatic rings. The summed E-state index contributed by atoms with van der Waals surface area (Å²) >= 11 is 0. The number of nitro groups is 1. The van der Waals surface area contributed by atoms with Crippen molar-refractivity contribution in [3.8, 4) is 0 Å². The lowest BCUT2D eigenvalue weighted by Gasteiger charge is -2.58. The molecule has 1 amide bonds. The standard InChI is InChI=1S/C20H24N2O5/c1-27-19(24)17(20-9-12-6-13(10-20)8-14(7-12)11-20)21-18(23)15-2-4-16(5-3-15)22(25)26/h2-5,12-14,17H,6-11H2,1H3,(H,21,23)/t12?,13?,14?,17-,20?/m1/s1. The monoisotopic (exact) mass is 372 g/mol. The molecular formula is C20H24N2O5. The lowest BCUT2D eigenvalue weighted by Crippen LogP contribution is -2.60. The second-order valence-corrected chi connectivity index (χ2v) is 8.51. The van der Waals surface area contributed by atoms with E-state index >= 15 is 0 Å². The van der Waals surface area contributed by atoms with Crippen molar-refractivity contribution in [1.82, 2.24) is 5.32 Å². The topological polar surface area (TPSA) is 98.5 Å². The normalized spacial score (nSPS) is 32.0. The van der Waals surface area contributed by atoms with E-state index < -0.39 is 22.8 Å². The van der Waals surface area contributed by atoms with Gasteiger partial charge in [-0.05, 0) is 68.4 Å². The van der Waals surface area contributed by atoms with E-state index in [4.69, 9.17) is 4.74 Å². The Morgan fingerprint density at radius 1 is 1.11 bits per heavy atom. The highest BCUT2D eigenvalue weighted by Crippen LogP contribution is 2.61. The minimum absolute atomic E-state index is 0.0721. The maximum atomic E-state index is 12.8. The van der Waals surface area contributed by atoms with Crippen molar-refractivity contribution in [2.24, 2.45) is 23.2 Å². The third kappa shape index (κ3) is 3.19. The molecule has 4 aliphatic rings. The fourth-order valence-corrected chi connectivity index (χ4v) is 6.06. The number of carbonyl (C=O) groups is 2. The first-order chi connectivity index (χ1) is 12.9. The maximum Gasteiger partial charge on any atom is 0.328 e. The number of rotatable bonds is 5. The minimum atomic E-state index is -0.668. The summed E-state index contributed by atoms with van der Waals surface area (Å²) in [7, 11) is 1.36. The van der Waals surface area contributed by atoms with Gasteiger partial charge in [0.2, 0.25) is 0 Å². The van der Waals surface area contributed by atoms with E-state index in [0.29, 0.717) is 23.3 Å². The Kier molecular flexibility index (Phi) is 4.40. The number of carbonyl (C=O) groups excluding carboxylic acids is 2. The average Bonchev–Trinajstić information content (AvgIpc) is 2.64. The third-order valence-electron chi connectivity index (χ3n) is 6.75. The number of esters is 1. The van der Waals surface area contributed by atoms with E-state index in [0.717, 1.165) is 19.3 Å². The number of benzene rings is 1. The predicted molar refractivity (Wildman–Crippen MR) is 97.0 cm³/mol. The molecule has 1 atom stereocenters. The summed E-state index contributed by atoms with van der Waals surface area (Å²) < 4.78 is 5.05. The van der Waals surface area contributed by atoms with Crippen LogP contribution < -0.4 is 5.32 Å². The molecule has 0 saturated heterocycles. The summed E-state index contributed by atoms with van der Waals surface area (Å²) in [6.45, 7) is 0. The first-order valence-corrected chi connectivity index (χ1v) is 9.53. The number of hydrogen-bond acceptors (Lipinski definition) is 5. The van der Waals surface area contributed by atoms with Crippen molar-refractivity contribution in [1.29, 1.82) is 0 Å². The molecule has 4 aliphatic carbocycles. The second-order valence-electron chi connectivity index (χ2n) is 8.51. The van der Waals surface area contributed by atoms with Crippen LogP contribution >= 0.6 is 0 Å². The molecule has 0 heterocycles. The SMILES string of the molecule is COC(=O)[C@@H](NC(=O)c1ccc([N+](=O)[O-])cc1)C12CC3CC(CC(C3)C1)C2. The summed E-state index contributed by atoms with van der Waals surface area (Å²) in [6.07, 6.45) is 6.59. The van der Waals surface area contributed by atoms with Gasteiger partial charge in [-0.2, -0.15) is 0 Å². The van der Waals surface area contributed by atoms with Crippen LogP contribution in [0.2, 0.25) is 0 Å². The first kappa shape index (κ1) is 17.9. The van der Waals surface area contributed by atoms with Crippen LogP contribution in [0.1, 0.15) is 48.9 Å². The van der Waals surface area contributed by atoms with Crippen LogP contribution in [0, 0.1) is 33.3 Å². The molecule has 5 rings (SSSR count). The van der Waals surface area contributed by atoms with Crippen molar-refractivity contribution in [2.75, 3.05) is 7.11 Å². The van der Waals surface area contributed by atoms with Crippen molar-refractivity contribution >= 4 is 17.6 Å². The van der Waals surface area contributed by atoms with E-state index in [9.17, 15) is 19.7 Å². The molecule has 0 radical (unpaired) electrons. The average molecular weight is 372 g/mol. The van der Waals surface area contributed by atoms with Crippen LogP contribution in [0.5, 0.6) is 0 Å². The Bertz CT molecular complexity index is 738. The molecule has 27 heavy (non-hydrogen) atoms. The molecule has 0 spiro atoms. The highest BCUT2D eigenvalue weighted by molar-refractivity contribution is 5.97. The molecule has 7 nitrogen and oxygen atoms in total. The van der Waals surface area contributed by atoms with Gasteiger partial charge in [0.05, 0.1) is 12.0 Å². The highest BCUT2D eigenvalue weighted by Gasteiger charge is 2.56. The van der Waals surface area contributed by atoms with Crippen molar-refractivity contribution in [3.63, 3.8) is 0 Å². The number of ether oxygens (including phenoxy) is 1. The van der Waals surface area contributed by atoms with Gasteiger partial charge in [-0.1, -0.05) is 0 Å². The van der Waals surface area contributed by atoms with Gasteiger partial charge in [-0.25, -0.2) is 4.79 Å². The lowest BCUT2D eigenvalue weighted by atomic mass is 9.47. The summed E-state index contributed by atoms with van der Waals surface area (Å²) in [5.74, 6) is 1.13. The molecule has 4 bridgehead atoms. The van der Waals surface area contributed by atoms with Gasteiger partial charge in [0.1, 0.15) is 6.04 Å². The molecule has 4 saturated carbocycles. The second kappa shape index (κ2) is 6.62. The van der Waals surface area contributed by atoms with Crippen molar-refractivity contribution in [2.45, 2.75) is 44.6 Å². The third-order valence-corrected chi connectivity index (χ3v) is 6.75. The number of nitro benzene ring substituents is 1. The van der Waals surface area contributed by atoms with E-state index in [-0.39, 0.29) is 11.1 Å². The number of methoxy groups -OCH3 is 1. The Morgan fingerprint density at radius 2 is 1.63 bits per heavy atom. The molecule has 144 valence electrons. The van der Waals surface area contributed by atoms with Gasteiger partial charge >= 0.3 is 5.97 Å². The van der Waals surface area contributed by atoms with Gasteiger partial charge < -0.3 is 10.1 Å². The Labute approximate surface area is 157 Å². The Balaban J connectivity index is 1.57. The molecular weight excluding hydrogens is 348 g/mol. The van der Waals surface area contributed by atoms with E-state index in [1.54, 1.807) is 0 Å². The summed E-state index contributed by atoms with van der Waals surface area (Å²) in [6, 6.07) is 4.77. The van der Waals surface area contributed by atoms with Gasteiger partial charge in [0, 0.05) is 23.1 Å². The molecule has 1 N–H and O–H groups in total. The fourth-order valence-electron chi connectivity index (χ4n) is 6.06. The molecule has 7 heteroatoms. The minimum Gasteiger partial charge on any atom is -0.467 e. The van der Waals surface area contributed by atoms with Crippen molar-refractivity contribution < 1.29 is 19.2 Å². The van der Waals surface area contributed by atoms with Gasteiger partial charge in [0.25, 0.3) is 11.6 Å². The van der Waals surface area contributed by atoms with Gasteiger partial charge in [-0.3, -0.25) is 14.9 Å². The zero-order valence-corrected chi connectivity index (χ0v) is 15.3. The van der Waals surface area contributed by atoms with E-state index in [2.05, 4.69) is 5.32 Å². The molecule has 1 aromatic carbocycles. The van der Waals surface area contributed by atoms with Crippen LogP contribution in [0.3, 0.4) is 0 Å². The Hall–Kier alpha value is -2.44. The number of nitrogens with one attached hydrogen (secondary N) is 1. The van der Waals surface area contributed by atoms with Crippen molar-refractivity contribution in [3.05, 3.63) is 39.9 Å². The predicted octanol–water partition coefficient (Wildman–Crippen LogP) is 3.08. The lowest BCUT2D eigenvalue weighted by molar-refractivity contribution is -0.384. The first-order valence-electron chi connectivity index (χ1n) is 9.53. The van der Waals surface area contributed by atoms with Gasteiger partial charge in [0.15, 0.2) is 0 Å². The van der Waals surface area contributed by atoms with E-state index in [1.807, 2.05) is 0 Å². The van der Waals surface area contributed by atoms with Crippen LogP contribution in [-0.4, -0.2) is 30.0 Å². The smallest absolute Gasteiger partial charge is 0.328 e. The van der Waals surface area contributed by atoms with Crippen LogP contribution in [-0.2, 0) is 9.53 Å². The Morgan fingerprint density at radius 3 is 2.07 bits per heavy atom. The summed E-state index contributed by atoms with van der Waals surface area (Å²) in [4.78, 5) is 35.7. The fraction of sp³-hybridized carbons (Fsp3) is 0.600. The summed E-state index contributed by atoms with van der Waals surface area (Å²) in [5, 5.41) is 13.7. The molecule has 0 unspecified atom stereocenters. The van der Waals surface area contributed by atoms with E-state index in [1.165, 1.54) is 50.6 Å². The number of non-ortho nitro benzene ring substituents is 1. The molecule has 0 aromatic heterocycles. The maximum absolute atomic E-state index is 12.8.